The Balaban J connectivity index is 1.98. The van der Waals surface area contributed by atoms with Gasteiger partial charge in [-0.1, -0.05) is 12.5 Å². The molecule has 2 nitrogen and oxygen atoms in total. The molecule has 0 aliphatic heterocycles. The monoisotopic (exact) mass is 224 g/mol. The van der Waals surface area contributed by atoms with Crippen LogP contribution in [0.2, 0.25) is 0 Å². The number of hydrogen-bond donors (Lipinski definition) is 1. The minimum absolute atomic E-state index is 0.288. The molecule has 1 atom stereocenters. The van der Waals surface area contributed by atoms with Crippen LogP contribution < -0.4 is 4.74 Å². The zero-order valence-electron chi connectivity index (χ0n) is 9.45. The summed E-state index contributed by atoms with van der Waals surface area (Å²) in [5.74, 6) is 0.491. The van der Waals surface area contributed by atoms with Crippen molar-refractivity contribution in [1.29, 1.82) is 0 Å². The van der Waals surface area contributed by atoms with Gasteiger partial charge in [0, 0.05) is 0 Å². The molecule has 0 heterocycles. The molecular weight excluding hydrogens is 207 g/mol. The van der Waals surface area contributed by atoms with Gasteiger partial charge >= 0.3 is 0 Å². The van der Waals surface area contributed by atoms with Crippen LogP contribution in [0.4, 0.5) is 4.39 Å². The van der Waals surface area contributed by atoms with E-state index in [2.05, 4.69) is 0 Å². The first-order valence-corrected chi connectivity index (χ1v) is 5.77. The predicted molar refractivity (Wildman–Crippen MR) is 59.9 cm³/mol. The van der Waals surface area contributed by atoms with Crippen molar-refractivity contribution in [2.45, 2.75) is 32.3 Å². The molecule has 3 heteroatoms. The average Bonchev–Trinajstić information content (AvgIpc) is 2.17. The Hall–Kier alpha value is -1.09. The van der Waals surface area contributed by atoms with Crippen molar-refractivity contribution in [3.63, 3.8) is 0 Å². The summed E-state index contributed by atoms with van der Waals surface area (Å²) in [6, 6.07) is 4.63. The van der Waals surface area contributed by atoms with Gasteiger partial charge in [0.25, 0.3) is 0 Å². The first-order valence-electron chi connectivity index (χ1n) is 5.77. The van der Waals surface area contributed by atoms with Crippen molar-refractivity contribution in [3.8, 4) is 5.75 Å². The van der Waals surface area contributed by atoms with Gasteiger partial charge in [0.05, 0.1) is 12.7 Å². The second-order valence-corrected chi connectivity index (χ2v) is 4.47. The van der Waals surface area contributed by atoms with Gasteiger partial charge < -0.3 is 9.84 Å². The van der Waals surface area contributed by atoms with Gasteiger partial charge in [0.1, 0.15) is 0 Å². The summed E-state index contributed by atoms with van der Waals surface area (Å²) in [7, 11) is 0. The summed E-state index contributed by atoms with van der Waals surface area (Å²) in [6.45, 7) is 2.22. The summed E-state index contributed by atoms with van der Waals surface area (Å²) in [6.07, 6.45) is 2.99. The van der Waals surface area contributed by atoms with E-state index in [1.807, 2.05) is 0 Å². The molecule has 0 bridgehead atoms. The molecular formula is C13H17FO2. The quantitative estimate of drug-likeness (QED) is 0.851. The predicted octanol–water partition coefficient (Wildman–Crippen LogP) is 3.06. The van der Waals surface area contributed by atoms with Crippen LogP contribution in [0.5, 0.6) is 5.75 Å². The summed E-state index contributed by atoms with van der Waals surface area (Å²) in [5, 5.41) is 9.30. The van der Waals surface area contributed by atoms with Crippen molar-refractivity contribution in [2.75, 3.05) is 6.61 Å². The number of halogens is 1. The summed E-state index contributed by atoms with van der Waals surface area (Å²) in [4.78, 5) is 0. The van der Waals surface area contributed by atoms with Crippen LogP contribution in [0.25, 0.3) is 0 Å². The minimum atomic E-state index is -0.643. The van der Waals surface area contributed by atoms with Crippen LogP contribution in [0, 0.1) is 11.7 Å². The highest BCUT2D eigenvalue weighted by Gasteiger charge is 2.18. The Morgan fingerprint density at radius 1 is 1.50 bits per heavy atom. The van der Waals surface area contributed by atoms with Crippen molar-refractivity contribution in [3.05, 3.63) is 29.6 Å². The molecule has 16 heavy (non-hydrogen) atoms. The number of hydrogen-bond acceptors (Lipinski definition) is 2. The fraction of sp³-hybridized carbons (Fsp3) is 0.538. The molecule has 0 unspecified atom stereocenters. The normalized spacial score (nSPS) is 17.9. The molecule has 0 amide bonds. The largest absolute Gasteiger partial charge is 0.490 e. The fourth-order valence-corrected chi connectivity index (χ4v) is 1.76. The van der Waals surface area contributed by atoms with Crippen molar-refractivity contribution in [1.82, 2.24) is 0 Å². The lowest BCUT2D eigenvalue weighted by Crippen LogP contribution is -2.19. The third-order valence-corrected chi connectivity index (χ3v) is 3.14. The Morgan fingerprint density at radius 2 is 2.25 bits per heavy atom. The molecule has 1 saturated carbocycles. The standard InChI is InChI=1S/C13H17FO2/c1-9(15)11-5-6-13(12(14)7-11)16-8-10-3-2-4-10/h5-7,9-10,15H,2-4,8H2,1H3/t9-/m0/s1. The van der Waals surface area contributed by atoms with Crippen molar-refractivity contribution >= 4 is 0 Å². The maximum atomic E-state index is 13.5. The van der Waals surface area contributed by atoms with E-state index in [1.165, 1.54) is 25.3 Å². The Labute approximate surface area is 95.1 Å². The number of rotatable bonds is 4. The second-order valence-electron chi connectivity index (χ2n) is 4.47. The fourth-order valence-electron chi connectivity index (χ4n) is 1.76. The van der Waals surface area contributed by atoms with E-state index in [9.17, 15) is 9.50 Å². The third kappa shape index (κ3) is 2.53. The SMILES string of the molecule is C[C@H](O)c1ccc(OCC2CCC2)c(F)c1. The van der Waals surface area contributed by atoms with Gasteiger partial charge in [-0.3, -0.25) is 0 Å². The first-order chi connectivity index (χ1) is 7.66. The van der Waals surface area contributed by atoms with Crippen molar-refractivity contribution in [2.24, 2.45) is 5.92 Å². The molecule has 0 radical (unpaired) electrons. The smallest absolute Gasteiger partial charge is 0.165 e. The van der Waals surface area contributed by atoms with E-state index in [1.54, 1.807) is 19.1 Å². The number of aliphatic hydroxyl groups is 1. The maximum Gasteiger partial charge on any atom is 0.165 e. The van der Waals surface area contributed by atoms with Gasteiger partial charge in [-0.15, -0.1) is 0 Å². The van der Waals surface area contributed by atoms with Crippen LogP contribution in [0.3, 0.4) is 0 Å². The highest BCUT2D eigenvalue weighted by molar-refractivity contribution is 5.30. The molecule has 0 saturated heterocycles. The van der Waals surface area contributed by atoms with Crippen LogP contribution in [0.1, 0.15) is 37.9 Å². The van der Waals surface area contributed by atoms with Crippen molar-refractivity contribution < 1.29 is 14.2 Å². The van der Waals surface area contributed by atoms with E-state index < -0.39 is 11.9 Å². The molecule has 1 N–H and O–H groups in total. The van der Waals surface area contributed by atoms with E-state index in [4.69, 9.17) is 4.74 Å². The molecule has 2 rings (SSSR count). The molecule has 88 valence electrons. The maximum absolute atomic E-state index is 13.5. The molecule has 1 aromatic rings. The van der Waals surface area contributed by atoms with Gasteiger partial charge in [0.2, 0.25) is 0 Å². The highest BCUT2D eigenvalue weighted by atomic mass is 19.1. The van der Waals surface area contributed by atoms with Crippen LogP contribution >= 0.6 is 0 Å². The molecule has 1 aliphatic rings. The third-order valence-electron chi connectivity index (χ3n) is 3.14. The van der Waals surface area contributed by atoms with Crippen LogP contribution in [-0.2, 0) is 0 Å². The van der Waals surface area contributed by atoms with Gasteiger partial charge in [-0.05, 0) is 43.4 Å². The van der Waals surface area contributed by atoms with Gasteiger partial charge in [-0.2, -0.15) is 0 Å². The first kappa shape index (κ1) is 11.4. The lowest BCUT2D eigenvalue weighted by Gasteiger charge is -2.25. The number of ether oxygens (including phenoxy) is 1. The van der Waals surface area contributed by atoms with Gasteiger partial charge in [-0.25, -0.2) is 4.39 Å². The Kier molecular flexibility index (Phi) is 3.44. The van der Waals surface area contributed by atoms with Crippen LogP contribution in [0.15, 0.2) is 18.2 Å². The van der Waals surface area contributed by atoms with Crippen LogP contribution in [-0.4, -0.2) is 11.7 Å². The lowest BCUT2D eigenvalue weighted by molar-refractivity contribution is 0.174. The van der Waals surface area contributed by atoms with Gasteiger partial charge in [0.15, 0.2) is 11.6 Å². The summed E-state index contributed by atoms with van der Waals surface area (Å²) >= 11 is 0. The second kappa shape index (κ2) is 4.83. The topological polar surface area (TPSA) is 29.5 Å². The molecule has 0 aromatic heterocycles. The zero-order valence-corrected chi connectivity index (χ0v) is 9.45. The zero-order chi connectivity index (χ0) is 11.5. The lowest BCUT2D eigenvalue weighted by atomic mass is 9.86. The number of benzene rings is 1. The van der Waals surface area contributed by atoms with E-state index in [0.717, 1.165) is 0 Å². The van der Waals surface area contributed by atoms with E-state index in [-0.39, 0.29) is 5.75 Å². The number of aliphatic hydroxyl groups excluding tert-OH is 1. The molecule has 1 fully saturated rings. The minimum Gasteiger partial charge on any atom is -0.490 e. The molecule has 1 aliphatic carbocycles. The van der Waals surface area contributed by atoms with E-state index >= 15 is 0 Å². The highest BCUT2D eigenvalue weighted by Crippen LogP contribution is 2.28. The summed E-state index contributed by atoms with van der Waals surface area (Å²) < 4.78 is 19.0. The molecule has 1 aromatic carbocycles. The Bertz CT molecular complexity index is 359. The summed E-state index contributed by atoms with van der Waals surface area (Å²) in [5.41, 5.74) is 0.577. The Morgan fingerprint density at radius 3 is 2.75 bits per heavy atom. The molecule has 0 spiro atoms. The average molecular weight is 224 g/mol. The van der Waals surface area contributed by atoms with E-state index in [0.29, 0.717) is 18.1 Å².